The van der Waals surface area contributed by atoms with Gasteiger partial charge in [0.05, 0.1) is 7.18 Å². The highest BCUT2D eigenvalue weighted by Gasteiger charge is 2.11. The van der Waals surface area contributed by atoms with Gasteiger partial charge in [-0.15, -0.1) is 11.6 Å². The third-order valence-corrected chi connectivity index (χ3v) is 16.1. The van der Waals surface area contributed by atoms with E-state index < -0.39 is 0 Å². The fourth-order valence-electron chi connectivity index (χ4n) is 11.8. The molecule has 6 aliphatic rings. The second kappa shape index (κ2) is 80.0. The van der Waals surface area contributed by atoms with Crippen LogP contribution in [0.4, 0.5) is 4.39 Å². The van der Waals surface area contributed by atoms with Gasteiger partial charge in [-0.25, -0.2) is 0 Å². The second-order valence-corrected chi connectivity index (χ2v) is 35.3. The van der Waals surface area contributed by atoms with Crippen LogP contribution >= 0.6 is 11.6 Å². The van der Waals surface area contributed by atoms with Gasteiger partial charge in [0.15, 0.2) is 0 Å². The van der Waals surface area contributed by atoms with Crippen LogP contribution in [0.15, 0.2) is 243 Å². The number of alkyl halides is 2. The molecule has 117 heavy (non-hydrogen) atoms. The van der Waals surface area contributed by atoms with Crippen molar-refractivity contribution in [2.24, 2.45) is 47.3 Å². The predicted octanol–water partition coefficient (Wildman–Crippen LogP) is 36.7. The molecule has 2 heteroatoms. The first kappa shape index (κ1) is 116. The summed E-state index contributed by atoms with van der Waals surface area (Å²) in [6.45, 7) is 60.0. The zero-order valence-electron chi connectivity index (χ0n) is 81.3. The fourth-order valence-corrected chi connectivity index (χ4v) is 11.8. The average Bonchev–Trinajstić information content (AvgIpc) is 1.41. The van der Waals surface area contributed by atoms with Crippen molar-refractivity contribution in [3.05, 3.63) is 309 Å². The van der Waals surface area contributed by atoms with E-state index in [4.69, 9.17) is 0 Å². The molecular weight excluding hydrogens is 1440 g/mol. The Labute approximate surface area is 731 Å². The highest BCUT2D eigenvalue weighted by Crippen LogP contribution is 2.25. The smallest absolute Gasteiger partial charge is 0.0785 e. The van der Waals surface area contributed by atoms with Crippen molar-refractivity contribution in [1.82, 2.24) is 0 Å². The van der Waals surface area contributed by atoms with Crippen LogP contribution in [-0.2, 0) is 77.0 Å². The van der Waals surface area contributed by atoms with E-state index in [-0.39, 0.29) is 0 Å². The molecule has 16 rings (SSSR count). The fraction of sp³-hybridized carbons (Fsp3) is 0.513. The Balaban J connectivity index is -0.000000587. The number of hydrogen-bond donors (Lipinski definition) is 0. The van der Waals surface area contributed by atoms with E-state index in [9.17, 15) is 4.39 Å². The van der Waals surface area contributed by atoms with Crippen molar-refractivity contribution in [2.75, 3.05) is 13.6 Å². The highest BCUT2D eigenvalue weighted by atomic mass is 35.5. The van der Waals surface area contributed by atoms with Gasteiger partial charge in [0, 0.05) is 6.38 Å². The molecule has 0 bridgehead atoms. The van der Waals surface area contributed by atoms with Crippen molar-refractivity contribution in [1.29, 1.82) is 0 Å². The van der Waals surface area contributed by atoms with Crippen LogP contribution in [0, 0.1) is 47.3 Å². The topological polar surface area (TPSA) is 0 Å². The summed E-state index contributed by atoms with van der Waals surface area (Å²) in [5.41, 5.74) is 18.9. The SMILES string of the molecule is CC.CC.CC(C)C.CC(C)C.CC(C)C.CC(C)C.CC(C)C.CC(C)C.CC(C)C.CC(C)C.CCl.CF.c1ccc2c(c1)CCC2.c1ccc2c(c1)CCC2.c1ccc2c(c1)CCC2.c1ccc2c(c1)CCCC2.c1ccc2c(c1)CCCC2.c1ccc2c(c1)CCCC2.c1ccc2ccccc2c1.c1ccc2ccccc2c1. The largest absolute Gasteiger partial charge is 0.255 e. The molecule has 0 amide bonds. The molecule has 0 heterocycles. The standard InChI is InChI=1S/3C10H12.2C10H8.3C9H10.8C4H10.2C2H6.CH3Cl.CH3F/c5*1-2-6-10-8-4-3-7-9(10)5-1;3*1-2-5-9-7-3-6-8(9)4-1;8*1-4(2)3;4*1-2/h3*1-2,5-6H,3-4,7-8H2;2*1-8H;3*1-2,4-5H,3,6-7H2;8*4H,1-3H3;2*1-2H3;2*1H3. The summed E-state index contributed by atoms with van der Waals surface area (Å²) in [7, 11) is 0.500. The van der Waals surface area contributed by atoms with Crippen molar-refractivity contribution >= 4 is 33.1 Å². The van der Waals surface area contributed by atoms with E-state index in [1.165, 1.54) is 163 Å². The van der Waals surface area contributed by atoms with Crippen LogP contribution < -0.4 is 0 Å². The van der Waals surface area contributed by atoms with Crippen LogP contribution in [0.5, 0.6) is 0 Å². The lowest BCUT2D eigenvalue weighted by molar-refractivity contribution is 0.636. The molecule has 0 aromatic heterocycles. The summed E-state index contributed by atoms with van der Waals surface area (Å²) in [5, 5.41) is 5.24. The third-order valence-electron chi connectivity index (χ3n) is 16.1. The van der Waals surface area contributed by atoms with Crippen molar-refractivity contribution < 1.29 is 4.39 Å². The van der Waals surface area contributed by atoms with Crippen LogP contribution in [0.1, 0.15) is 318 Å². The molecule has 0 N–H and O–H groups in total. The quantitative estimate of drug-likeness (QED) is 0.133. The second-order valence-electron chi connectivity index (χ2n) is 35.3. The van der Waals surface area contributed by atoms with Gasteiger partial charge in [-0.2, -0.15) is 0 Å². The van der Waals surface area contributed by atoms with Gasteiger partial charge in [0.2, 0.25) is 0 Å². The van der Waals surface area contributed by atoms with Gasteiger partial charge < -0.3 is 0 Å². The Hall–Kier alpha value is -7.06. The Bertz CT molecular complexity index is 3080. The maximum absolute atomic E-state index is 9.50. The number of hydrogen-bond acceptors (Lipinski definition) is 0. The number of halogens is 2. The third kappa shape index (κ3) is 69.4. The van der Waals surface area contributed by atoms with Crippen LogP contribution in [0.2, 0.25) is 0 Å². The van der Waals surface area contributed by atoms with E-state index in [0.717, 1.165) is 47.3 Å². The van der Waals surface area contributed by atoms with E-state index >= 15 is 0 Å². The molecule has 0 radical (unpaired) electrons. The molecule has 0 spiro atoms. The minimum atomic E-state index is 0.500. The van der Waals surface area contributed by atoms with Gasteiger partial charge in [-0.1, -0.05) is 437 Å². The summed E-state index contributed by atoms with van der Waals surface area (Å²) in [4.78, 5) is 0. The zero-order valence-corrected chi connectivity index (χ0v) is 82.1. The number of fused-ring (bicyclic) bond motifs is 8. The Kier molecular flexibility index (Phi) is 79.5. The van der Waals surface area contributed by atoms with Gasteiger partial charge in [0.1, 0.15) is 0 Å². The molecule has 0 saturated heterocycles. The first-order valence-electron chi connectivity index (χ1n) is 46.1. The molecule has 0 fully saturated rings. The van der Waals surface area contributed by atoms with Crippen molar-refractivity contribution in [3.63, 3.8) is 0 Å². The lowest BCUT2D eigenvalue weighted by atomic mass is 9.92. The van der Waals surface area contributed by atoms with Gasteiger partial charge in [0.25, 0.3) is 0 Å². The predicted molar refractivity (Wildman–Crippen MR) is 538 cm³/mol. The molecule has 0 atom stereocenters. The molecule has 6 aliphatic carbocycles. The first-order chi connectivity index (χ1) is 56.1. The number of rotatable bonds is 0. The summed E-state index contributed by atoms with van der Waals surface area (Å²) in [6, 6.07) is 86.0. The van der Waals surface area contributed by atoms with Crippen LogP contribution in [-0.4, -0.2) is 13.6 Å². The highest BCUT2D eigenvalue weighted by molar-refractivity contribution is 6.15. The number of aryl methyl sites for hydroxylation is 12. The van der Waals surface area contributed by atoms with Crippen molar-refractivity contribution in [2.45, 2.75) is 329 Å². The number of benzene rings is 10. The van der Waals surface area contributed by atoms with Gasteiger partial charge >= 0.3 is 0 Å². The average molecular weight is 1620 g/mol. The summed E-state index contributed by atoms with van der Waals surface area (Å²) in [5.74, 6) is 6.67. The molecule has 0 saturated carbocycles. The van der Waals surface area contributed by atoms with Crippen LogP contribution in [0.3, 0.4) is 0 Å². The molecular formula is C115H180ClF. The summed E-state index contributed by atoms with van der Waals surface area (Å²) < 4.78 is 9.50. The van der Waals surface area contributed by atoms with Gasteiger partial charge in [-0.3, -0.25) is 4.39 Å². The zero-order chi connectivity index (χ0) is 89.0. The maximum atomic E-state index is 9.50. The van der Waals surface area contributed by atoms with E-state index in [2.05, 4.69) is 420 Å². The summed E-state index contributed by atoms with van der Waals surface area (Å²) in [6.07, 6.45) is 29.5. The van der Waals surface area contributed by atoms with Crippen LogP contribution in [0.25, 0.3) is 21.5 Å². The molecule has 0 aliphatic heterocycles. The minimum Gasteiger partial charge on any atom is -0.255 e. The van der Waals surface area contributed by atoms with E-state index in [0.29, 0.717) is 7.18 Å². The Morgan fingerprint density at radius 1 is 0.154 bits per heavy atom. The normalized spacial score (nSPS) is 12.2. The van der Waals surface area contributed by atoms with E-state index in [1.54, 1.807) is 66.8 Å². The lowest BCUT2D eigenvalue weighted by Gasteiger charge is -2.13. The van der Waals surface area contributed by atoms with Crippen molar-refractivity contribution in [3.8, 4) is 0 Å². The Morgan fingerprint density at radius 3 is 0.308 bits per heavy atom. The lowest BCUT2D eigenvalue weighted by Crippen LogP contribution is -2.00. The molecule has 10 aromatic carbocycles. The Morgan fingerprint density at radius 2 is 0.222 bits per heavy atom. The summed E-state index contributed by atoms with van der Waals surface area (Å²) >= 11 is 4.64. The minimum absolute atomic E-state index is 0.500. The molecule has 0 nitrogen and oxygen atoms in total. The molecule has 654 valence electrons. The first-order valence-corrected chi connectivity index (χ1v) is 46.9. The van der Waals surface area contributed by atoms with E-state index in [1.807, 2.05) is 27.7 Å². The maximum Gasteiger partial charge on any atom is 0.0785 e. The monoisotopic (exact) mass is 1620 g/mol. The molecule has 0 unspecified atom stereocenters. The molecule has 10 aromatic rings. The van der Waals surface area contributed by atoms with Gasteiger partial charge in [-0.05, 0) is 270 Å².